The SMILES string of the molecule is CCNC(=NCCCF)NC1CCN(C(=O)CC)C1. The van der Waals surface area contributed by atoms with E-state index in [1.54, 1.807) is 0 Å². The number of alkyl halides is 1. The van der Waals surface area contributed by atoms with Crippen LogP contribution in [0.3, 0.4) is 0 Å². The summed E-state index contributed by atoms with van der Waals surface area (Å²) in [5, 5.41) is 6.45. The van der Waals surface area contributed by atoms with Crippen LogP contribution < -0.4 is 10.6 Å². The van der Waals surface area contributed by atoms with Crippen molar-refractivity contribution in [2.75, 3.05) is 32.9 Å². The quantitative estimate of drug-likeness (QED) is 0.429. The van der Waals surface area contributed by atoms with E-state index in [1.165, 1.54) is 0 Å². The first kappa shape index (κ1) is 15.7. The van der Waals surface area contributed by atoms with E-state index in [0.29, 0.717) is 25.3 Å². The second kappa shape index (κ2) is 8.72. The molecule has 1 heterocycles. The molecular weight excluding hydrogens is 247 g/mol. The minimum Gasteiger partial charge on any atom is -0.357 e. The molecule has 1 aliphatic rings. The van der Waals surface area contributed by atoms with Gasteiger partial charge in [0.1, 0.15) is 0 Å². The zero-order valence-electron chi connectivity index (χ0n) is 11.9. The van der Waals surface area contributed by atoms with Gasteiger partial charge in [-0.25, -0.2) is 0 Å². The lowest BCUT2D eigenvalue weighted by atomic mass is 10.3. The fourth-order valence-electron chi connectivity index (χ4n) is 2.09. The van der Waals surface area contributed by atoms with Crippen molar-refractivity contribution in [3.63, 3.8) is 0 Å². The highest BCUT2D eigenvalue weighted by atomic mass is 19.1. The van der Waals surface area contributed by atoms with E-state index in [9.17, 15) is 9.18 Å². The normalized spacial score (nSPS) is 19.6. The van der Waals surface area contributed by atoms with Crippen molar-refractivity contribution in [1.82, 2.24) is 15.5 Å². The number of amides is 1. The molecule has 2 N–H and O–H groups in total. The maximum absolute atomic E-state index is 12.1. The molecule has 0 radical (unpaired) electrons. The van der Waals surface area contributed by atoms with E-state index in [2.05, 4.69) is 15.6 Å². The van der Waals surface area contributed by atoms with Crippen LogP contribution in [0.5, 0.6) is 0 Å². The number of likely N-dealkylation sites (tertiary alicyclic amines) is 1. The number of nitrogens with zero attached hydrogens (tertiary/aromatic N) is 2. The summed E-state index contributed by atoms with van der Waals surface area (Å²) >= 11 is 0. The molecule has 0 aromatic rings. The summed E-state index contributed by atoms with van der Waals surface area (Å²) in [6.45, 7) is 6.31. The first-order valence-corrected chi connectivity index (χ1v) is 7.09. The molecule has 1 aliphatic heterocycles. The van der Waals surface area contributed by atoms with Gasteiger partial charge in [0.25, 0.3) is 0 Å². The number of rotatable bonds is 6. The van der Waals surface area contributed by atoms with Gasteiger partial charge in [-0.3, -0.25) is 14.2 Å². The van der Waals surface area contributed by atoms with Crippen molar-refractivity contribution in [3.8, 4) is 0 Å². The van der Waals surface area contributed by atoms with E-state index < -0.39 is 0 Å². The molecule has 5 nitrogen and oxygen atoms in total. The van der Waals surface area contributed by atoms with Gasteiger partial charge < -0.3 is 15.5 Å². The fourth-order valence-corrected chi connectivity index (χ4v) is 2.09. The van der Waals surface area contributed by atoms with E-state index in [4.69, 9.17) is 0 Å². The Kier molecular flexibility index (Phi) is 7.22. The first-order chi connectivity index (χ1) is 9.21. The zero-order valence-corrected chi connectivity index (χ0v) is 11.9. The molecule has 1 unspecified atom stereocenters. The third-order valence-corrected chi connectivity index (χ3v) is 3.09. The molecule has 0 aliphatic carbocycles. The van der Waals surface area contributed by atoms with Gasteiger partial charge in [-0.1, -0.05) is 6.92 Å². The number of halogens is 1. The molecule has 0 aromatic heterocycles. The number of carbonyl (C=O) groups is 1. The first-order valence-electron chi connectivity index (χ1n) is 7.09. The summed E-state index contributed by atoms with van der Waals surface area (Å²) in [5.74, 6) is 0.912. The van der Waals surface area contributed by atoms with Crippen LogP contribution in [0.2, 0.25) is 0 Å². The van der Waals surface area contributed by atoms with E-state index >= 15 is 0 Å². The standard InChI is InChI=1S/C13H25FN4O/c1-3-12(19)18-9-6-11(10-18)17-13(15-4-2)16-8-5-7-14/h11H,3-10H2,1-2H3,(H2,15,16,17). The van der Waals surface area contributed by atoms with Crippen molar-refractivity contribution >= 4 is 11.9 Å². The molecule has 0 aromatic carbocycles. The molecule has 0 bridgehead atoms. The second-order valence-electron chi connectivity index (χ2n) is 4.63. The smallest absolute Gasteiger partial charge is 0.222 e. The lowest BCUT2D eigenvalue weighted by Crippen LogP contribution is -2.45. The molecule has 1 atom stereocenters. The maximum Gasteiger partial charge on any atom is 0.222 e. The van der Waals surface area contributed by atoms with Crippen molar-refractivity contribution in [3.05, 3.63) is 0 Å². The third-order valence-electron chi connectivity index (χ3n) is 3.09. The molecule has 0 spiro atoms. The van der Waals surface area contributed by atoms with Crippen LogP contribution in [-0.4, -0.2) is 55.7 Å². The molecule has 19 heavy (non-hydrogen) atoms. The summed E-state index contributed by atoms with van der Waals surface area (Å²) in [6, 6.07) is 0.235. The topological polar surface area (TPSA) is 56.7 Å². The number of aliphatic imine (C=N–C) groups is 1. The van der Waals surface area contributed by atoms with Crippen molar-refractivity contribution in [2.24, 2.45) is 4.99 Å². The van der Waals surface area contributed by atoms with Crippen molar-refractivity contribution in [2.45, 2.75) is 39.2 Å². The molecule has 1 amide bonds. The molecule has 1 fully saturated rings. The highest BCUT2D eigenvalue weighted by Crippen LogP contribution is 2.10. The Morgan fingerprint density at radius 1 is 1.47 bits per heavy atom. The minimum atomic E-state index is -0.342. The summed E-state index contributed by atoms with van der Waals surface area (Å²) < 4.78 is 12.1. The summed E-state index contributed by atoms with van der Waals surface area (Å²) in [5.41, 5.74) is 0. The molecule has 110 valence electrons. The minimum absolute atomic E-state index is 0.198. The van der Waals surface area contributed by atoms with Crippen molar-refractivity contribution < 1.29 is 9.18 Å². The predicted octanol–water partition coefficient (Wildman–Crippen LogP) is 0.912. The van der Waals surface area contributed by atoms with Gasteiger partial charge >= 0.3 is 0 Å². The molecule has 1 rings (SSSR count). The Bertz CT molecular complexity index is 309. The van der Waals surface area contributed by atoms with E-state index in [0.717, 1.165) is 26.1 Å². The van der Waals surface area contributed by atoms with Crippen LogP contribution in [0.15, 0.2) is 4.99 Å². The Morgan fingerprint density at radius 2 is 2.26 bits per heavy atom. The number of hydrogen-bond acceptors (Lipinski definition) is 2. The van der Waals surface area contributed by atoms with Crippen LogP contribution in [-0.2, 0) is 4.79 Å². The van der Waals surface area contributed by atoms with Crippen molar-refractivity contribution in [1.29, 1.82) is 0 Å². The van der Waals surface area contributed by atoms with Crippen LogP contribution >= 0.6 is 0 Å². The molecule has 0 saturated carbocycles. The van der Waals surface area contributed by atoms with Gasteiger partial charge in [0, 0.05) is 38.6 Å². The van der Waals surface area contributed by atoms with Gasteiger partial charge in [0.15, 0.2) is 5.96 Å². The van der Waals surface area contributed by atoms with Gasteiger partial charge in [0.2, 0.25) is 5.91 Å². The van der Waals surface area contributed by atoms with E-state index in [-0.39, 0.29) is 18.6 Å². The average Bonchev–Trinajstić information content (AvgIpc) is 2.87. The second-order valence-corrected chi connectivity index (χ2v) is 4.63. The highest BCUT2D eigenvalue weighted by molar-refractivity contribution is 5.80. The Morgan fingerprint density at radius 3 is 2.89 bits per heavy atom. The zero-order chi connectivity index (χ0) is 14.1. The lowest BCUT2D eigenvalue weighted by molar-refractivity contribution is -0.129. The predicted molar refractivity (Wildman–Crippen MR) is 75.0 cm³/mol. The lowest BCUT2D eigenvalue weighted by Gasteiger charge is -2.18. The van der Waals surface area contributed by atoms with Crippen LogP contribution in [0, 0.1) is 0 Å². The van der Waals surface area contributed by atoms with Crippen LogP contribution in [0.25, 0.3) is 0 Å². The number of carbonyl (C=O) groups excluding carboxylic acids is 1. The molecule has 1 saturated heterocycles. The maximum atomic E-state index is 12.1. The fraction of sp³-hybridized carbons (Fsp3) is 0.846. The monoisotopic (exact) mass is 272 g/mol. The molecule has 6 heteroatoms. The Hall–Kier alpha value is -1.33. The van der Waals surface area contributed by atoms with Crippen LogP contribution in [0.4, 0.5) is 4.39 Å². The number of guanidine groups is 1. The number of nitrogens with one attached hydrogen (secondary N) is 2. The summed E-state index contributed by atoms with van der Waals surface area (Å²) in [6.07, 6.45) is 1.93. The largest absolute Gasteiger partial charge is 0.357 e. The van der Waals surface area contributed by atoms with Gasteiger partial charge in [0.05, 0.1) is 6.67 Å². The summed E-state index contributed by atoms with van der Waals surface area (Å²) in [4.78, 5) is 17.8. The van der Waals surface area contributed by atoms with E-state index in [1.807, 2.05) is 18.7 Å². The van der Waals surface area contributed by atoms with Gasteiger partial charge in [-0.05, 0) is 19.8 Å². The highest BCUT2D eigenvalue weighted by Gasteiger charge is 2.25. The van der Waals surface area contributed by atoms with Gasteiger partial charge in [-0.15, -0.1) is 0 Å². The Balaban J connectivity index is 2.42. The summed E-state index contributed by atoms with van der Waals surface area (Å²) in [7, 11) is 0. The van der Waals surface area contributed by atoms with Crippen LogP contribution in [0.1, 0.15) is 33.1 Å². The third kappa shape index (κ3) is 5.44. The number of hydrogen-bond donors (Lipinski definition) is 2. The molecular formula is C13H25FN4O. The van der Waals surface area contributed by atoms with Gasteiger partial charge in [-0.2, -0.15) is 0 Å². The Labute approximate surface area is 114 Å². The average molecular weight is 272 g/mol.